The van der Waals surface area contributed by atoms with E-state index in [0.29, 0.717) is 0 Å². The van der Waals surface area contributed by atoms with Crippen LogP contribution in [-0.2, 0) is 0 Å². The third-order valence-corrected chi connectivity index (χ3v) is 2.62. The highest BCUT2D eigenvalue weighted by Gasteiger charge is 2.15. The second kappa shape index (κ2) is 6.56. The van der Waals surface area contributed by atoms with Crippen molar-refractivity contribution in [1.29, 1.82) is 0 Å². The molecule has 1 rings (SSSR count). The van der Waals surface area contributed by atoms with E-state index in [9.17, 15) is 5.02 Å². The number of nitrogens with zero attached hydrogens (tertiary/aromatic N) is 1. The first-order valence-electron chi connectivity index (χ1n) is 5.77. The molecule has 16 heavy (non-hydrogen) atoms. The smallest absolute Gasteiger partial charge is 0.409 e. The predicted molar refractivity (Wildman–Crippen MR) is 68.7 cm³/mol. The molecule has 0 unspecified atom stereocenters. The Labute approximate surface area is 97.8 Å². The number of aryl methyl sites for hydroxylation is 1. The van der Waals surface area contributed by atoms with E-state index in [1.54, 1.807) is 6.82 Å². The topological polar surface area (TPSA) is 43.7 Å². The number of anilines is 1. The maximum atomic E-state index is 9.70. The number of hydrogen-bond acceptors (Lipinski definition) is 3. The van der Waals surface area contributed by atoms with Crippen molar-refractivity contribution in [2.75, 3.05) is 18.0 Å². The van der Waals surface area contributed by atoms with Gasteiger partial charge in [0.05, 0.1) is 0 Å². The first-order chi connectivity index (χ1) is 7.65. The van der Waals surface area contributed by atoms with Crippen LogP contribution in [0.5, 0.6) is 0 Å². The van der Waals surface area contributed by atoms with Gasteiger partial charge < -0.3 is 14.9 Å². The fourth-order valence-corrected chi connectivity index (χ4v) is 1.66. The van der Waals surface area contributed by atoms with Crippen LogP contribution >= 0.6 is 0 Å². The molecule has 0 fully saturated rings. The van der Waals surface area contributed by atoms with Gasteiger partial charge in [-0.15, -0.1) is 0 Å². The van der Waals surface area contributed by atoms with E-state index in [-0.39, 0.29) is 6.61 Å². The van der Waals surface area contributed by atoms with Gasteiger partial charge in [-0.05, 0) is 38.7 Å². The molecule has 3 nitrogen and oxygen atoms in total. The van der Waals surface area contributed by atoms with Crippen LogP contribution in [0.25, 0.3) is 0 Å². The first kappa shape index (κ1) is 13.1. The number of rotatable bonds is 6. The van der Waals surface area contributed by atoms with E-state index in [4.69, 9.17) is 5.11 Å². The molecule has 0 atom stereocenters. The van der Waals surface area contributed by atoms with Gasteiger partial charge in [-0.1, -0.05) is 17.7 Å². The maximum Gasteiger partial charge on any atom is 0.409 e. The van der Waals surface area contributed by atoms with Gasteiger partial charge in [-0.3, -0.25) is 0 Å². The van der Waals surface area contributed by atoms with Crippen LogP contribution in [-0.4, -0.2) is 30.3 Å². The third-order valence-electron chi connectivity index (χ3n) is 2.62. The average molecular weight is 221 g/mol. The van der Waals surface area contributed by atoms with Gasteiger partial charge in [0, 0.05) is 18.8 Å². The normalized spacial score (nSPS) is 10.2. The van der Waals surface area contributed by atoms with Gasteiger partial charge in [0.1, 0.15) is 0 Å². The molecule has 0 aliphatic heterocycles. The summed E-state index contributed by atoms with van der Waals surface area (Å²) >= 11 is 0. The number of hydrogen-bond donors (Lipinski definition) is 2. The quantitative estimate of drug-likeness (QED) is 0.567. The number of benzene rings is 1. The number of aliphatic hydroxyl groups is 1. The van der Waals surface area contributed by atoms with E-state index in [1.165, 1.54) is 5.56 Å². The van der Waals surface area contributed by atoms with E-state index >= 15 is 0 Å². The minimum Gasteiger partial charge on any atom is -0.432 e. The zero-order valence-electron chi connectivity index (χ0n) is 10.1. The largest absolute Gasteiger partial charge is 0.432 e. The van der Waals surface area contributed by atoms with Crippen molar-refractivity contribution in [3.63, 3.8) is 0 Å². The lowest BCUT2D eigenvalue weighted by molar-refractivity contribution is 0.285. The molecule has 0 spiro atoms. The molecular formula is C12H20BNO2. The van der Waals surface area contributed by atoms with Gasteiger partial charge in [0.15, 0.2) is 0 Å². The fourth-order valence-electron chi connectivity index (χ4n) is 1.66. The van der Waals surface area contributed by atoms with Gasteiger partial charge in [-0.25, -0.2) is 0 Å². The van der Waals surface area contributed by atoms with Crippen molar-refractivity contribution in [1.82, 2.24) is 0 Å². The summed E-state index contributed by atoms with van der Waals surface area (Å²) < 4.78 is 0. The van der Waals surface area contributed by atoms with Crippen molar-refractivity contribution in [2.45, 2.75) is 26.6 Å². The lowest BCUT2D eigenvalue weighted by atomic mass is 9.83. The molecule has 1 aromatic carbocycles. The van der Waals surface area contributed by atoms with Crippen molar-refractivity contribution in [3.8, 4) is 0 Å². The Morgan fingerprint density at radius 1 is 1.19 bits per heavy atom. The Balaban J connectivity index is 2.65. The third kappa shape index (κ3) is 3.87. The summed E-state index contributed by atoms with van der Waals surface area (Å²) in [4.78, 5) is 1.94. The zero-order chi connectivity index (χ0) is 12.0. The standard InChI is InChI=1S/C12H20BNO2/c1-11-5-7-12(8-6-11)14(13(2)16)9-3-4-10-15/h5-8,15-16H,3-4,9-10H2,1-2H3. The highest BCUT2D eigenvalue weighted by Crippen LogP contribution is 2.16. The van der Waals surface area contributed by atoms with Crippen LogP contribution in [0.15, 0.2) is 24.3 Å². The van der Waals surface area contributed by atoms with Crippen molar-refractivity contribution in [3.05, 3.63) is 29.8 Å². The summed E-state index contributed by atoms with van der Waals surface area (Å²) in [6, 6.07) is 8.11. The zero-order valence-corrected chi connectivity index (χ0v) is 10.1. The summed E-state index contributed by atoms with van der Waals surface area (Å²) in [7, 11) is -0.499. The molecule has 88 valence electrons. The van der Waals surface area contributed by atoms with Crippen LogP contribution in [0, 0.1) is 6.92 Å². The van der Waals surface area contributed by atoms with Crippen LogP contribution < -0.4 is 4.81 Å². The van der Waals surface area contributed by atoms with Crippen molar-refractivity contribution < 1.29 is 10.1 Å². The summed E-state index contributed by atoms with van der Waals surface area (Å²) in [6.07, 6.45) is 1.66. The lowest BCUT2D eigenvalue weighted by Gasteiger charge is -2.25. The van der Waals surface area contributed by atoms with E-state index in [0.717, 1.165) is 25.1 Å². The second-order valence-electron chi connectivity index (χ2n) is 4.09. The SMILES string of the molecule is CB(O)N(CCCCO)c1ccc(C)cc1. The van der Waals surface area contributed by atoms with Gasteiger partial charge in [0.2, 0.25) is 0 Å². The van der Waals surface area contributed by atoms with E-state index < -0.39 is 7.05 Å². The molecule has 0 radical (unpaired) electrons. The Hall–Kier alpha value is -0.995. The summed E-state index contributed by atoms with van der Waals surface area (Å²) in [5.74, 6) is 0. The minimum atomic E-state index is -0.499. The molecule has 0 aliphatic carbocycles. The molecule has 0 saturated heterocycles. The first-order valence-corrected chi connectivity index (χ1v) is 5.77. The number of aliphatic hydroxyl groups excluding tert-OH is 1. The maximum absolute atomic E-state index is 9.70. The highest BCUT2D eigenvalue weighted by atomic mass is 16.3. The monoisotopic (exact) mass is 221 g/mol. The fraction of sp³-hybridized carbons (Fsp3) is 0.500. The second-order valence-corrected chi connectivity index (χ2v) is 4.09. The molecule has 0 amide bonds. The van der Waals surface area contributed by atoms with Crippen LogP contribution in [0.3, 0.4) is 0 Å². The molecule has 0 saturated carbocycles. The van der Waals surface area contributed by atoms with Crippen LogP contribution in [0.1, 0.15) is 18.4 Å². The average Bonchev–Trinajstić information content (AvgIpc) is 2.26. The molecule has 0 aliphatic rings. The van der Waals surface area contributed by atoms with Gasteiger partial charge in [0.25, 0.3) is 0 Å². The van der Waals surface area contributed by atoms with Crippen molar-refractivity contribution in [2.24, 2.45) is 0 Å². The summed E-state index contributed by atoms with van der Waals surface area (Å²) in [5.41, 5.74) is 2.24. The molecule has 1 aromatic rings. The molecule has 0 heterocycles. The Morgan fingerprint density at radius 2 is 1.81 bits per heavy atom. The van der Waals surface area contributed by atoms with Crippen LogP contribution in [0.4, 0.5) is 5.69 Å². The molecule has 0 aromatic heterocycles. The Kier molecular flexibility index (Phi) is 5.36. The highest BCUT2D eigenvalue weighted by molar-refractivity contribution is 6.53. The molecule has 4 heteroatoms. The minimum absolute atomic E-state index is 0.210. The Bertz CT molecular complexity index is 300. The molecule has 2 N–H and O–H groups in total. The van der Waals surface area contributed by atoms with Gasteiger partial charge >= 0.3 is 7.05 Å². The number of unbranched alkanes of at least 4 members (excludes halogenated alkanes) is 1. The van der Waals surface area contributed by atoms with Gasteiger partial charge in [-0.2, -0.15) is 0 Å². The molecular weight excluding hydrogens is 201 g/mol. The van der Waals surface area contributed by atoms with Crippen LogP contribution in [0.2, 0.25) is 6.82 Å². The summed E-state index contributed by atoms with van der Waals surface area (Å²) in [5, 5.41) is 18.4. The van der Waals surface area contributed by atoms with E-state index in [1.807, 2.05) is 36.0 Å². The summed E-state index contributed by atoms with van der Waals surface area (Å²) in [6.45, 7) is 4.78. The van der Waals surface area contributed by atoms with Crippen molar-refractivity contribution >= 4 is 12.7 Å². The Morgan fingerprint density at radius 3 is 2.31 bits per heavy atom. The molecule has 0 bridgehead atoms. The predicted octanol–water partition coefficient (Wildman–Crippen LogP) is 1.68. The lowest BCUT2D eigenvalue weighted by Crippen LogP contribution is -2.38. The van der Waals surface area contributed by atoms with E-state index in [2.05, 4.69) is 0 Å².